The van der Waals surface area contributed by atoms with E-state index in [9.17, 15) is 0 Å². The summed E-state index contributed by atoms with van der Waals surface area (Å²) >= 11 is 5.28. The molecule has 1 atom stereocenters. The summed E-state index contributed by atoms with van der Waals surface area (Å²) in [5, 5.41) is 2.14. The quantitative estimate of drug-likeness (QED) is 0.869. The summed E-state index contributed by atoms with van der Waals surface area (Å²) in [5.74, 6) is 0.602. The number of thiophene rings is 1. The predicted molar refractivity (Wildman–Crippen MR) is 67.8 cm³/mol. The normalized spacial score (nSPS) is 13.5. The first-order chi connectivity index (χ1) is 6.59. The van der Waals surface area contributed by atoms with Gasteiger partial charge in [-0.2, -0.15) is 0 Å². The number of rotatable bonds is 5. The molecule has 0 bridgehead atoms. The molecule has 3 heteroatoms. The summed E-state index contributed by atoms with van der Waals surface area (Å²) in [6, 6.07) is 2.56. The first-order valence-corrected chi connectivity index (χ1v) is 6.75. The van der Waals surface area contributed by atoms with Gasteiger partial charge in [-0.15, -0.1) is 11.3 Å². The average molecular weight is 276 g/mol. The molecular formula is C11H18BrNS. The Hall–Kier alpha value is 0.140. The summed E-state index contributed by atoms with van der Waals surface area (Å²) < 4.78 is 1.20. The van der Waals surface area contributed by atoms with Crippen molar-refractivity contribution in [3.05, 3.63) is 20.8 Å². The minimum absolute atomic E-state index is 0.360. The Bertz CT molecular complexity index is 270. The summed E-state index contributed by atoms with van der Waals surface area (Å²) in [6.07, 6.45) is 3.50. The van der Waals surface area contributed by atoms with Crippen LogP contribution in [0.3, 0.4) is 0 Å². The van der Waals surface area contributed by atoms with Gasteiger partial charge in [0.2, 0.25) is 0 Å². The van der Waals surface area contributed by atoms with Crippen LogP contribution in [0.25, 0.3) is 0 Å². The molecule has 0 amide bonds. The van der Waals surface area contributed by atoms with Crippen LogP contribution in [-0.2, 0) is 6.42 Å². The van der Waals surface area contributed by atoms with Crippen molar-refractivity contribution in [2.24, 2.45) is 11.7 Å². The van der Waals surface area contributed by atoms with Gasteiger partial charge >= 0.3 is 0 Å². The molecule has 1 heterocycles. The molecule has 0 aliphatic heterocycles. The maximum absolute atomic E-state index is 5.98. The fourth-order valence-corrected chi connectivity index (χ4v) is 2.83. The molecule has 0 saturated carbocycles. The van der Waals surface area contributed by atoms with Gasteiger partial charge in [0.05, 0.1) is 0 Å². The fraction of sp³-hybridized carbons (Fsp3) is 0.636. The maximum Gasteiger partial charge on any atom is 0.0285 e. The summed E-state index contributed by atoms with van der Waals surface area (Å²) in [7, 11) is 0. The molecule has 1 rings (SSSR count). The SMILES string of the molecule is CC(C)C(N)CCCc1cc(Br)cs1. The van der Waals surface area contributed by atoms with Crippen molar-refractivity contribution in [2.45, 2.75) is 39.2 Å². The second-order valence-corrected chi connectivity index (χ2v) is 5.94. The van der Waals surface area contributed by atoms with Crippen LogP contribution in [0.4, 0.5) is 0 Å². The molecule has 14 heavy (non-hydrogen) atoms. The van der Waals surface area contributed by atoms with Crippen LogP contribution in [0.1, 0.15) is 31.6 Å². The standard InChI is InChI=1S/C11H18BrNS/c1-8(2)11(13)5-3-4-10-6-9(12)7-14-10/h6-8,11H,3-5,13H2,1-2H3. The van der Waals surface area contributed by atoms with Gasteiger partial charge in [-0.3, -0.25) is 0 Å². The molecule has 0 spiro atoms. The van der Waals surface area contributed by atoms with E-state index in [0.717, 1.165) is 12.8 Å². The zero-order valence-electron chi connectivity index (χ0n) is 8.79. The maximum atomic E-state index is 5.98. The van der Waals surface area contributed by atoms with E-state index in [2.05, 4.69) is 41.2 Å². The lowest BCUT2D eigenvalue weighted by molar-refractivity contribution is 0.453. The van der Waals surface area contributed by atoms with Gasteiger partial charge in [-0.25, -0.2) is 0 Å². The van der Waals surface area contributed by atoms with E-state index in [-0.39, 0.29) is 0 Å². The smallest absolute Gasteiger partial charge is 0.0285 e. The van der Waals surface area contributed by atoms with Gasteiger partial charge in [0.25, 0.3) is 0 Å². The monoisotopic (exact) mass is 275 g/mol. The largest absolute Gasteiger partial charge is 0.327 e. The van der Waals surface area contributed by atoms with Crippen LogP contribution in [0.5, 0.6) is 0 Å². The number of aryl methyl sites for hydroxylation is 1. The molecule has 0 fully saturated rings. The molecule has 80 valence electrons. The highest BCUT2D eigenvalue weighted by atomic mass is 79.9. The molecular weight excluding hydrogens is 258 g/mol. The van der Waals surface area contributed by atoms with Crippen molar-refractivity contribution in [2.75, 3.05) is 0 Å². The van der Waals surface area contributed by atoms with Crippen LogP contribution in [0, 0.1) is 5.92 Å². The molecule has 0 aliphatic rings. The van der Waals surface area contributed by atoms with Crippen molar-refractivity contribution >= 4 is 27.3 Å². The van der Waals surface area contributed by atoms with Crippen molar-refractivity contribution in [1.82, 2.24) is 0 Å². The van der Waals surface area contributed by atoms with Gasteiger partial charge < -0.3 is 5.73 Å². The first-order valence-electron chi connectivity index (χ1n) is 5.08. The molecule has 1 aromatic rings. The average Bonchev–Trinajstić information content (AvgIpc) is 2.51. The zero-order chi connectivity index (χ0) is 10.6. The third-order valence-corrected chi connectivity index (χ3v) is 4.20. The van der Waals surface area contributed by atoms with E-state index in [1.807, 2.05) is 11.3 Å². The fourth-order valence-electron chi connectivity index (χ4n) is 1.33. The van der Waals surface area contributed by atoms with Crippen molar-refractivity contribution in [3.8, 4) is 0 Å². The summed E-state index contributed by atoms with van der Waals surface area (Å²) in [5.41, 5.74) is 5.98. The van der Waals surface area contributed by atoms with Crippen LogP contribution in [-0.4, -0.2) is 6.04 Å². The molecule has 0 saturated heterocycles. The minimum Gasteiger partial charge on any atom is -0.327 e. The van der Waals surface area contributed by atoms with E-state index >= 15 is 0 Å². The van der Waals surface area contributed by atoms with Crippen LogP contribution in [0.2, 0.25) is 0 Å². The second-order valence-electron chi connectivity index (χ2n) is 4.03. The highest BCUT2D eigenvalue weighted by Gasteiger charge is 2.07. The molecule has 1 unspecified atom stereocenters. The minimum atomic E-state index is 0.360. The Morgan fingerprint density at radius 2 is 2.21 bits per heavy atom. The highest BCUT2D eigenvalue weighted by Crippen LogP contribution is 2.21. The lowest BCUT2D eigenvalue weighted by atomic mass is 9.99. The zero-order valence-corrected chi connectivity index (χ0v) is 11.2. The van der Waals surface area contributed by atoms with E-state index in [1.54, 1.807) is 0 Å². The van der Waals surface area contributed by atoms with Crippen LogP contribution in [0.15, 0.2) is 15.9 Å². The molecule has 1 aromatic heterocycles. The third kappa shape index (κ3) is 4.11. The molecule has 1 nitrogen and oxygen atoms in total. The third-order valence-electron chi connectivity index (χ3n) is 2.44. The summed E-state index contributed by atoms with van der Waals surface area (Å²) in [6.45, 7) is 4.37. The van der Waals surface area contributed by atoms with E-state index in [1.165, 1.54) is 15.8 Å². The first kappa shape index (κ1) is 12.2. The Balaban J connectivity index is 2.22. The second kappa shape index (κ2) is 5.89. The topological polar surface area (TPSA) is 26.0 Å². The predicted octanol–water partition coefficient (Wildman–Crippen LogP) is 3.82. The van der Waals surface area contributed by atoms with E-state index < -0.39 is 0 Å². The van der Waals surface area contributed by atoms with E-state index in [4.69, 9.17) is 5.73 Å². The van der Waals surface area contributed by atoms with E-state index in [0.29, 0.717) is 12.0 Å². The Kier molecular flexibility index (Phi) is 5.13. The lowest BCUT2D eigenvalue weighted by Crippen LogP contribution is -2.26. The molecule has 0 aliphatic carbocycles. The number of hydrogen-bond donors (Lipinski definition) is 1. The Morgan fingerprint density at radius 3 is 2.71 bits per heavy atom. The molecule has 2 N–H and O–H groups in total. The van der Waals surface area contributed by atoms with Crippen molar-refractivity contribution in [3.63, 3.8) is 0 Å². The van der Waals surface area contributed by atoms with Gasteiger partial charge in [0.1, 0.15) is 0 Å². The number of nitrogens with two attached hydrogens (primary N) is 1. The van der Waals surface area contributed by atoms with Gasteiger partial charge in [-0.05, 0) is 47.2 Å². The van der Waals surface area contributed by atoms with Gasteiger partial charge in [0.15, 0.2) is 0 Å². The van der Waals surface area contributed by atoms with Gasteiger partial charge in [-0.1, -0.05) is 13.8 Å². The number of hydrogen-bond acceptors (Lipinski definition) is 2. The Labute approximate surface area is 98.8 Å². The summed E-state index contributed by atoms with van der Waals surface area (Å²) in [4.78, 5) is 1.45. The van der Waals surface area contributed by atoms with Gasteiger partial charge in [0, 0.05) is 20.8 Å². The van der Waals surface area contributed by atoms with Crippen LogP contribution >= 0.6 is 27.3 Å². The van der Waals surface area contributed by atoms with Crippen molar-refractivity contribution < 1.29 is 0 Å². The van der Waals surface area contributed by atoms with Crippen LogP contribution < -0.4 is 5.73 Å². The molecule has 0 radical (unpaired) electrons. The van der Waals surface area contributed by atoms with Crippen molar-refractivity contribution in [1.29, 1.82) is 0 Å². The lowest BCUT2D eigenvalue weighted by Gasteiger charge is -2.14. The number of halogens is 1. The Morgan fingerprint density at radius 1 is 1.50 bits per heavy atom. The molecule has 0 aromatic carbocycles. The highest BCUT2D eigenvalue weighted by molar-refractivity contribution is 9.10.